The van der Waals surface area contributed by atoms with Gasteiger partial charge in [-0.15, -0.1) is 0 Å². The largest absolute Gasteiger partial charge is 0.370 e. The van der Waals surface area contributed by atoms with Gasteiger partial charge >= 0.3 is 0 Å². The van der Waals surface area contributed by atoms with Gasteiger partial charge in [0, 0.05) is 12.3 Å². The minimum Gasteiger partial charge on any atom is -0.370 e. The summed E-state index contributed by atoms with van der Waals surface area (Å²) in [6, 6.07) is 1.51. The summed E-state index contributed by atoms with van der Waals surface area (Å²) in [6.45, 7) is 0.647. The smallest absolute Gasteiger partial charge is 0.253 e. The van der Waals surface area contributed by atoms with Gasteiger partial charge in [0.2, 0.25) is 0 Å². The first-order chi connectivity index (χ1) is 8.77. The van der Waals surface area contributed by atoms with Crippen LogP contribution in [0.2, 0.25) is 0 Å². The number of aromatic nitrogens is 2. The van der Waals surface area contributed by atoms with Crippen LogP contribution in [-0.2, 0) is 11.3 Å². The molecule has 1 aliphatic heterocycles. The van der Waals surface area contributed by atoms with E-state index in [0.29, 0.717) is 6.54 Å². The molecule has 0 N–H and O–H groups in total. The number of nitrogens with zero attached hydrogens (tertiary/aromatic N) is 2. The fourth-order valence-electron chi connectivity index (χ4n) is 3.32. The summed E-state index contributed by atoms with van der Waals surface area (Å²) in [7, 11) is 0. The summed E-state index contributed by atoms with van der Waals surface area (Å²) in [5, 5.41) is 0. The van der Waals surface area contributed by atoms with Gasteiger partial charge in [0.05, 0.1) is 24.6 Å². The van der Waals surface area contributed by atoms with Gasteiger partial charge in [-0.1, -0.05) is 19.3 Å². The molecule has 1 saturated heterocycles. The van der Waals surface area contributed by atoms with Crippen LogP contribution in [0.1, 0.15) is 44.9 Å². The number of hydrogen-bond acceptors (Lipinski definition) is 3. The van der Waals surface area contributed by atoms with Crippen LogP contribution in [0.25, 0.3) is 0 Å². The Morgan fingerprint density at radius 1 is 1.33 bits per heavy atom. The van der Waals surface area contributed by atoms with Crippen LogP contribution in [0.3, 0.4) is 0 Å². The molecule has 4 heteroatoms. The van der Waals surface area contributed by atoms with Crippen LogP contribution >= 0.6 is 0 Å². The second kappa shape index (κ2) is 4.84. The quantitative estimate of drug-likeness (QED) is 0.805. The first-order valence-electron chi connectivity index (χ1n) is 6.96. The van der Waals surface area contributed by atoms with Crippen molar-refractivity contribution in [3.63, 3.8) is 0 Å². The standard InChI is InChI=1S/C14H20N2O2/c17-13-5-9-15-11-16(13)10-12-4-8-14(18-12)6-2-1-3-7-14/h5,9,11-12H,1-4,6-8,10H2. The molecule has 98 valence electrons. The van der Waals surface area contributed by atoms with Crippen molar-refractivity contribution < 1.29 is 4.74 Å². The highest BCUT2D eigenvalue weighted by atomic mass is 16.5. The van der Waals surface area contributed by atoms with Crippen molar-refractivity contribution in [3.05, 3.63) is 28.9 Å². The third kappa shape index (κ3) is 2.34. The highest BCUT2D eigenvalue weighted by Gasteiger charge is 2.40. The molecule has 0 bridgehead atoms. The zero-order chi connectivity index (χ0) is 12.4. The lowest BCUT2D eigenvalue weighted by atomic mass is 9.83. The third-order valence-corrected chi connectivity index (χ3v) is 4.30. The SMILES string of the molecule is O=c1ccncn1CC1CCC2(CCCCC2)O1. The Balaban J connectivity index is 1.66. The van der Waals surface area contributed by atoms with Crippen LogP contribution in [0.15, 0.2) is 23.4 Å². The minimum atomic E-state index is 0.0122. The lowest BCUT2D eigenvalue weighted by Gasteiger charge is -2.33. The molecule has 0 amide bonds. The highest BCUT2D eigenvalue weighted by Crippen LogP contribution is 2.42. The van der Waals surface area contributed by atoms with E-state index in [-0.39, 0.29) is 17.3 Å². The van der Waals surface area contributed by atoms with Crippen LogP contribution in [0.5, 0.6) is 0 Å². The molecule has 1 atom stereocenters. The van der Waals surface area contributed by atoms with E-state index in [1.54, 1.807) is 10.9 Å². The van der Waals surface area contributed by atoms with Crippen molar-refractivity contribution in [1.82, 2.24) is 9.55 Å². The molecule has 1 aliphatic carbocycles. The Kier molecular flexibility index (Phi) is 3.20. The predicted octanol–water partition coefficient (Wildman–Crippen LogP) is 2.13. The van der Waals surface area contributed by atoms with E-state index in [1.165, 1.54) is 44.4 Å². The van der Waals surface area contributed by atoms with Gasteiger partial charge < -0.3 is 4.74 Å². The molecular formula is C14H20N2O2. The van der Waals surface area contributed by atoms with Gasteiger partial charge in [-0.25, -0.2) is 4.98 Å². The summed E-state index contributed by atoms with van der Waals surface area (Å²) in [5.41, 5.74) is 0.146. The molecular weight excluding hydrogens is 228 g/mol. The van der Waals surface area contributed by atoms with Crippen molar-refractivity contribution >= 4 is 0 Å². The first kappa shape index (κ1) is 11.9. The fraction of sp³-hybridized carbons (Fsp3) is 0.714. The van der Waals surface area contributed by atoms with Crippen LogP contribution < -0.4 is 5.56 Å². The monoisotopic (exact) mass is 248 g/mol. The van der Waals surface area contributed by atoms with E-state index in [2.05, 4.69) is 4.98 Å². The van der Waals surface area contributed by atoms with Gasteiger partial charge in [-0.3, -0.25) is 9.36 Å². The second-order valence-corrected chi connectivity index (χ2v) is 5.59. The molecule has 2 heterocycles. The summed E-state index contributed by atoms with van der Waals surface area (Å²) < 4.78 is 7.92. The number of rotatable bonds is 2. The van der Waals surface area contributed by atoms with E-state index in [0.717, 1.165) is 12.8 Å². The molecule has 2 fully saturated rings. The third-order valence-electron chi connectivity index (χ3n) is 4.30. The Morgan fingerprint density at radius 3 is 2.94 bits per heavy atom. The maximum absolute atomic E-state index is 11.6. The normalized spacial score (nSPS) is 26.6. The van der Waals surface area contributed by atoms with Crippen LogP contribution in [0, 0.1) is 0 Å². The summed E-state index contributed by atoms with van der Waals surface area (Å²) in [5.74, 6) is 0. The minimum absolute atomic E-state index is 0.0122. The Labute approximate surface area is 107 Å². The molecule has 2 aliphatic rings. The Bertz CT molecular complexity index is 463. The number of ether oxygens (including phenoxy) is 1. The molecule has 4 nitrogen and oxygen atoms in total. The highest BCUT2D eigenvalue weighted by molar-refractivity contribution is 4.92. The summed E-state index contributed by atoms with van der Waals surface area (Å²) >= 11 is 0. The molecule has 18 heavy (non-hydrogen) atoms. The molecule has 1 aromatic rings. The van der Waals surface area contributed by atoms with Crippen molar-refractivity contribution in [2.45, 2.75) is 63.2 Å². The molecule has 1 spiro atoms. The Hall–Kier alpha value is -1.16. The Morgan fingerprint density at radius 2 is 2.17 bits per heavy atom. The van der Waals surface area contributed by atoms with E-state index in [4.69, 9.17) is 4.74 Å². The summed E-state index contributed by atoms with van der Waals surface area (Å²) in [4.78, 5) is 15.6. The molecule has 1 saturated carbocycles. The van der Waals surface area contributed by atoms with E-state index in [9.17, 15) is 4.79 Å². The molecule has 1 aromatic heterocycles. The zero-order valence-electron chi connectivity index (χ0n) is 10.7. The second-order valence-electron chi connectivity index (χ2n) is 5.59. The molecule has 0 aromatic carbocycles. The maximum atomic E-state index is 11.6. The lowest BCUT2D eigenvalue weighted by molar-refractivity contribution is -0.0683. The van der Waals surface area contributed by atoms with Crippen molar-refractivity contribution in [3.8, 4) is 0 Å². The van der Waals surface area contributed by atoms with Gasteiger partial charge in [-0.2, -0.15) is 0 Å². The van der Waals surface area contributed by atoms with E-state index in [1.807, 2.05) is 0 Å². The van der Waals surface area contributed by atoms with Gasteiger partial charge in [0.1, 0.15) is 0 Å². The molecule has 3 rings (SSSR count). The first-order valence-corrected chi connectivity index (χ1v) is 6.96. The van der Waals surface area contributed by atoms with E-state index >= 15 is 0 Å². The van der Waals surface area contributed by atoms with Gasteiger partial charge in [0.25, 0.3) is 5.56 Å². The van der Waals surface area contributed by atoms with Crippen LogP contribution in [-0.4, -0.2) is 21.3 Å². The fourth-order valence-corrected chi connectivity index (χ4v) is 3.32. The average molecular weight is 248 g/mol. The van der Waals surface area contributed by atoms with Gasteiger partial charge in [0.15, 0.2) is 0 Å². The van der Waals surface area contributed by atoms with E-state index < -0.39 is 0 Å². The van der Waals surface area contributed by atoms with Gasteiger partial charge in [-0.05, 0) is 25.7 Å². The molecule has 1 unspecified atom stereocenters. The average Bonchev–Trinajstić information content (AvgIpc) is 2.76. The predicted molar refractivity (Wildman–Crippen MR) is 68.4 cm³/mol. The summed E-state index contributed by atoms with van der Waals surface area (Å²) in [6.07, 6.45) is 11.9. The molecule has 0 radical (unpaired) electrons. The lowest BCUT2D eigenvalue weighted by Crippen LogP contribution is -2.33. The topological polar surface area (TPSA) is 44.1 Å². The number of hydrogen-bond donors (Lipinski definition) is 0. The maximum Gasteiger partial charge on any atom is 0.253 e. The van der Waals surface area contributed by atoms with Crippen LogP contribution in [0.4, 0.5) is 0 Å². The zero-order valence-corrected chi connectivity index (χ0v) is 10.7. The van der Waals surface area contributed by atoms with Crippen molar-refractivity contribution in [2.75, 3.05) is 0 Å². The van der Waals surface area contributed by atoms with Crippen molar-refractivity contribution in [2.24, 2.45) is 0 Å². The van der Waals surface area contributed by atoms with Crippen molar-refractivity contribution in [1.29, 1.82) is 0 Å².